The molecule has 0 saturated heterocycles. The fourth-order valence-electron chi connectivity index (χ4n) is 3.16. The van der Waals surface area contributed by atoms with Crippen molar-refractivity contribution in [3.8, 4) is 0 Å². The Labute approximate surface area is 193 Å². The molecule has 2 N–H and O–H groups in total. The van der Waals surface area contributed by atoms with Gasteiger partial charge in [0.25, 0.3) is 11.8 Å². The molecule has 10 heteroatoms. The summed E-state index contributed by atoms with van der Waals surface area (Å²) in [6.07, 6.45) is -0.574. The van der Waals surface area contributed by atoms with Crippen LogP contribution in [0.25, 0.3) is 0 Å². The minimum absolute atomic E-state index is 0.0284. The normalized spacial score (nSPS) is 15.3. The van der Waals surface area contributed by atoms with Crippen LogP contribution in [0.5, 0.6) is 0 Å². The van der Waals surface area contributed by atoms with Crippen LogP contribution in [-0.4, -0.2) is 57.8 Å². The van der Waals surface area contributed by atoms with Crippen LogP contribution in [0, 0.1) is 0 Å². The van der Waals surface area contributed by atoms with Gasteiger partial charge in [-0.1, -0.05) is 18.2 Å². The number of benzene rings is 1. The van der Waals surface area contributed by atoms with Gasteiger partial charge in [-0.15, -0.1) is 23.1 Å². The third kappa shape index (κ3) is 5.49. The minimum Gasteiger partial charge on any atom is -0.480 e. The fourth-order valence-corrected chi connectivity index (χ4v) is 5.39. The SMILES string of the molecule is CC(C)(C)OC(=O)NCC(SCC(C(=O)O)N1C(=O)c2ccccc2C1=O)c1cccs1. The van der Waals surface area contributed by atoms with Crippen LogP contribution in [-0.2, 0) is 9.53 Å². The lowest BCUT2D eigenvalue weighted by atomic mass is 10.1. The molecule has 1 aliphatic rings. The maximum absolute atomic E-state index is 12.7. The van der Waals surface area contributed by atoms with Crippen molar-refractivity contribution in [2.45, 2.75) is 37.7 Å². The maximum Gasteiger partial charge on any atom is 0.407 e. The molecule has 32 heavy (non-hydrogen) atoms. The van der Waals surface area contributed by atoms with Crippen molar-refractivity contribution in [3.05, 3.63) is 57.8 Å². The van der Waals surface area contributed by atoms with E-state index in [9.17, 15) is 24.3 Å². The second-order valence-electron chi connectivity index (χ2n) is 8.10. The number of carboxylic acids is 1. The van der Waals surface area contributed by atoms with Crippen LogP contribution in [0.2, 0.25) is 0 Å². The van der Waals surface area contributed by atoms with Gasteiger partial charge in [0.15, 0.2) is 0 Å². The van der Waals surface area contributed by atoms with Crippen molar-refractivity contribution in [1.29, 1.82) is 0 Å². The Morgan fingerprint density at radius 2 is 1.75 bits per heavy atom. The van der Waals surface area contributed by atoms with E-state index >= 15 is 0 Å². The zero-order valence-corrected chi connectivity index (χ0v) is 19.5. The van der Waals surface area contributed by atoms with Gasteiger partial charge in [-0.3, -0.25) is 14.5 Å². The van der Waals surface area contributed by atoms with E-state index in [0.717, 1.165) is 9.78 Å². The summed E-state index contributed by atoms with van der Waals surface area (Å²) in [4.78, 5) is 51.3. The summed E-state index contributed by atoms with van der Waals surface area (Å²) >= 11 is 2.73. The van der Waals surface area contributed by atoms with E-state index < -0.39 is 35.5 Å². The van der Waals surface area contributed by atoms with Crippen LogP contribution in [0.4, 0.5) is 4.79 Å². The quantitative estimate of drug-likeness (QED) is 0.557. The lowest BCUT2D eigenvalue weighted by Crippen LogP contribution is -2.46. The van der Waals surface area contributed by atoms with E-state index in [1.54, 1.807) is 32.9 Å². The van der Waals surface area contributed by atoms with Gasteiger partial charge in [-0.05, 0) is 44.4 Å². The molecule has 0 radical (unpaired) electrons. The number of hydrogen-bond acceptors (Lipinski definition) is 7. The predicted molar refractivity (Wildman–Crippen MR) is 122 cm³/mol. The first-order valence-electron chi connectivity index (χ1n) is 9.90. The molecule has 170 valence electrons. The van der Waals surface area contributed by atoms with Crippen LogP contribution in [0.3, 0.4) is 0 Å². The number of ether oxygens (including phenoxy) is 1. The highest BCUT2D eigenvalue weighted by Gasteiger charge is 2.43. The fraction of sp³-hybridized carbons (Fsp3) is 0.364. The number of alkyl carbamates (subject to hydrolysis) is 1. The Morgan fingerprint density at radius 1 is 1.12 bits per heavy atom. The van der Waals surface area contributed by atoms with E-state index in [1.165, 1.54) is 35.2 Å². The van der Waals surface area contributed by atoms with Crippen LogP contribution < -0.4 is 5.32 Å². The van der Waals surface area contributed by atoms with Gasteiger partial charge >= 0.3 is 12.1 Å². The van der Waals surface area contributed by atoms with Crippen molar-refractivity contribution in [2.75, 3.05) is 12.3 Å². The highest BCUT2D eigenvalue weighted by Crippen LogP contribution is 2.34. The van der Waals surface area contributed by atoms with Crippen LogP contribution >= 0.6 is 23.1 Å². The number of imide groups is 1. The summed E-state index contributed by atoms with van der Waals surface area (Å²) in [6, 6.07) is 8.70. The van der Waals surface area contributed by atoms with E-state index in [0.29, 0.717) is 0 Å². The Morgan fingerprint density at radius 3 is 2.25 bits per heavy atom. The second-order valence-corrected chi connectivity index (χ2v) is 10.3. The minimum atomic E-state index is -1.34. The highest BCUT2D eigenvalue weighted by molar-refractivity contribution is 7.99. The van der Waals surface area contributed by atoms with Crippen molar-refractivity contribution in [2.24, 2.45) is 0 Å². The second kappa shape index (κ2) is 9.74. The van der Waals surface area contributed by atoms with Gasteiger partial charge < -0.3 is 15.2 Å². The van der Waals surface area contributed by atoms with E-state index in [2.05, 4.69) is 5.32 Å². The zero-order chi connectivity index (χ0) is 23.5. The predicted octanol–water partition coefficient (Wildman–Crippen LogP) is 3.80. The number of nitrogens with one attached hydrogen (secondary N) is 1. The summed E-state index contributed by atoms with van der Waals surface area (Å²) in [5.41, 5.74) is -0.236. The summed E-state index contributed by atoms with van der Waals surface area (Å²) in [5.74, 6) is -2.52. The van der Waals surface area contributed by atoms with Gasteiger partial charge in [-0.2, -0.15) is 0 Å². The number of hydrogen-bond donors (Lipinski definition) is 2. The Balaban J connectivity index is 1.72. The number of thioether (sulfide) groups is 1. The molecule has 1 aromatic heterocycles. The molecule has 2 unspecified atom stereocenters. The number of fused-ring (bicyclic) bond motifs is 1. The topological polar surface area (TPSA) is 113 Å². The molecular weight excluding hydrogens is 452 g/mol. The van der Waals surface area contributed by atoms with E-state index in [4.69, 9.17) is 4.74 Å². The first-order chi connectivity index (χ1) is 15.1. The average Bonchev–Trinajstić information content (AvgIpc) is 3.32. The summed E-state index contributed by atoms with van der Waals surface area (Å²) in [5, 5.41) is 14.1. The molecule has 3 amide bonds. The number of carbonyl (C=O) groups excluding carboxylic acids is 3. The number of rotatable bonds is 8. The molecule has 2 atom stereocenters. The average molecular weight is 477 g/mol. The van der Waals surface area contributed by atoms with E-state index in [1.807, 2.05) is 17.5 Å². The molecule has 3 rings (SSSR count). The van der Waals surface area contributed by atoms with Crippen LogP contribution in [0.1, 0.15) is 51.6 Å². The largest absolute Gasteiger partial charge is 0.480 e. The first-order valence-corrected chi connectivity index (χ1v) is 11.8. The van der Waals surface area contributed by atoms with Gasteiger partial charge in [0.2, 0.25) is 0 Å². The molecule has 0 spiro atoms. The summed E-state index contributed by atoms with van der Waals surface area (Å²) in [6.45, 7) is 5.49. The number of thiophene rings is 1. The number of carbonyl (C=O) groups is 4. The Bertz CT molecular complexity index is 981. The molecule has 0 aliphatic carbocycles. The Kier molecular flexibility index (Phi) is 7.25. The smallest absolute Gasteiger partial charge is 0.407 e. The van der Waals surface area contributed by atoms with E-state index in [-0.39, 0.29) is 28.7 Å². The lowest BCUT2D eigenvalue weighted by molar-refractivity contribution is -0.140. The molecule has 0 saturated carbocycles. The molecule has 1 aromatic carbocycles. The number of aliphatic carboxylic acids is 1. The molecular formula is C22H24N2O6S2. The summed E-state index contributed by atoms with van der Waals surface area (Å²) < 4.78 is 5.27. The molecule has 1 aliphatic heterocycles. The monoisotopic (exact) mass is 476 g/mol. The molecule has 0 fully saturated rings. The van der Waals surface area contributed by atoms with Crippen molar-refractivity contribution in [3.63, 3.8) is 0 Å². The third-order valence-corrected chi connectivity index (χ3v) is 7.04. The van der Waals surface area contributed by atoms with Crippen molar-refractivity contribution < 1.29 is 29.0 Å². The zero-order valence-electron chi connectivity index (χ0n) is 17.9. The Hall–Kier alpha value is -2.85. The summed E-state index contributed by atoms with van der Waals surface area (Å²) in [7, 11) is 0. The van der Waals surface area contributed by atoms with Gasteiger partial charge in [0.1, 0.15) is 11.6 Å². The first kappa shape index (κ1) is 23.8. The lowest BCUT2D eigenvalue weighted by Gasteiger charge is -2.25. The van der Waals surface area contributed by atoms with Gasteiger partial charge in [0.05, 0.1) is 16.4 Å². The molecule has 0 bridgehead atoms. The number of carboxylic acid groups (broad SMARTS) is 1. The van der Waals surface area contributed by atoms with Crippen molar-refractivity contribution >= 4 is 47.0 Å². The highest BCUT2D eigenvalue weighted by atomic mass is 32.2. The molecule has 2 aromatic rings. The van der Waals surface area contributed by atoms with Gasteiger partial charge in [-0.25, -0.2) is 9.59 Å². The maximum atomic E-state index is 12.7. The van der Waals surface area contributed by atoms with Gasteiger partial charge in [0, 0.05) is 17.2 Å². The standard InChI is InChI=1S/C22H24N2O6S2/c1-22(2,3)30-21(29)23-11-17(16-9-6-10-31-16)32-12-15(20(27)28)24-18(25)13-7-4-5-8-14(13)19(24)26/h4-10,15,17H,11-12H2,1-3H3,(H,23,29)(H,27,28). The number of amides is 3. The van der Waals surface area contributed by atoms with Crippen molar-refractivity contribution in [1.82, 2.24) is 10.2 Å². The van der Waals surface area contributed by atoms with Crippen LogP contribution in [0.15, 0.2) is 41.8 Å². The molecule has 8 nitrogen and oxygen atoms in total. The number of nitrogens with zero attached hydrogens (tertiary/aromatic N) is 1. The molecule has 2 heterocycles. The third-order valence-electron chi connectivity index (χ3n) is 4.57.